The molecule has 0 aliphatic heterocycles. The van der Waals surface area contributed by atoms with Crippen LogP contribution in [-0.4, -0.2) is 25.7 Å². The van der Waals surface area contributed by atoms with Crippen molar-refractivity contribution < 1.29 is 13.5 Å². The third kappa shape index (κ3) is 5.84. The summed E-state index contributed by atoms with van der Waals surface area (Å²) in [5.41, 5.74) is -0.811. The number of nitrogens with zero attached hydrogens (tertiary/aromatic N) is 1. The quantitative estimate of drug-likeness (QED) is 0.806. The summed E-state index contributed by atoms with van der Waals surface area (Å²) in [6.45, 7) is 5.66. The fourth-order valence-corrected chi connectivity index (χ4v) is 2.96. The van der Waals surface area contributed by atoms with Crippen LogP contribution in [-0.2, 0) is 10.0 Å². The van der Waals surface area contributed by atoms with Gasteiger partial charge in [-0.3, -0.25) is 0 Å². The van der Waals surface area contributed by atoms with Crippen LogP contribution in [0, 0.1) is 17.2 Å². The lowest BCUT2D eigenvalue weighted by atomic mass is 9.96. The number of nitrogens with one attached hydrogen (secondary N) is 1. The molecule has 0 saturated heterocycles. The molecule has 0 radical (unpaired) electrons. The third-order valence-electron chi connectivity index (χ3n) is 3.18. The van der Waals surface area contributed by atoms with Gasteiger partial charge in [0.25, 0.3) is 0 Å². The van der Waals surface area contributed by atoms with Crippen molar-refractivity contribution in [3.05, 3.63) is 29.8 Å². The van der Waals surface area contributed by atoms with Crippen LogP contribution in [0.3, 0.4) is 0 Å². The second kappa shape index (κ2) is 7.03. The molecule has 0 aliphatic carbocycles. The Kier molecular flexibility index (Phi) is 5.90. The first-order valence-corrected chi connectivity index (χ1v) is 8.37. The van der Waals surface area contributed by atoms with Crippen LogP contribution in [0.2, 0.25) is 0 Å². The Labute approximate surface area is 126 Å². The first-order chi connectivity index (χ1) is 9.66. The van der Waals surface area contributed by atoms with E-state index in [0.29, 0.717) is 12.3 Å². The minimum absolute atomic E-state index is 0.0289. The molecule has 1 atom stereocenters. The lowest BCUT2D eigenvalue weighted by Crippen LogP contribution is -2.40. The highest BCUT2D eigenvalue weighted by molar-refractivity contribution is 7.89. The monoisotopic (exact) mass is 310 g/mol. The maximum Gasteiger partial charge on any atom is 0.240 e. The van der Waals surface area contributed by atoms with E-state index < -0.39 is 15.6 Å². The van der Waals surface area contributed by atoms with Crippen molar-refractivity contribution in [3.63, 3.8) is 0 Å². The van der Waals surface area contributed by atoms with Gasteiger partial charge in [0.05, 0.1) is 22.1 Å². The molecule has 0 saturated carbocycles. The standard InChI is InChI=1S/C15H22N2O3S/c1-12(2)7-8-15(3,18)11-17-21(19,20)14-6-4-5-13(9-14)10-16/h4-6,9,12,17-18H,7-8,11H2,1-3H3. The average Bonchev–Trinajstić information content (AvgIpc) is 2.43. The lowest BCUT2D eigenvalue weighted by molar-refractivity contribution is 0.0506. The minimum Gasteiger partial charge on any atom is -0.389 e. The zero-order chi connectivity index (χ0) is 16.1. The van der Waals surface area contributed by atoms with Crippen molar-refractivity contribution in [2.24, 2.45) is 5.92 Å². The highest BCUT2D eigenvalue weighted by Crippen LogP contribution is 2.17. The van der Waals surface area contributed by atoms with Gasteiger partial charge in [-0.25, -0.2) is 13.1 Å². The topological polar surface area (TPSA) is 90.2 Å². The number of aliphatic hydroxyl groups is 1. The van der Waals surface area contributed by atoms with Crippen LogP contribution in [0.1, 0.15) is 39.2 Å². The Hall–Kier alpha value is -1.42. The molecule has 0 amide bonds. The zero-order valence-electron chi connectivity index (χ0n) is 12.6. The van der Waals surface area contributed by atoms with Gasteiger partial charge in [-0.2, -0.15) is 5.26 Å². The number of rotatable bonds is 7. The van der Waals surface area contributed by atoms with E-state index in [1.165, 1.54) is 24.3 Å². The number of hydrogen-bond donors (Lipinski definition) is 2. The molecule has 5 nitrogen and oxygen atoms in total. The van der Waals surface area contributed by atoms with Gasteiger partial charge in [-0.05, 0) is 43.9 Å². The van der Waals surface area contributed by atoms with Crippen LogP contribution in [0.4, 0.5) is 0 Å². The Balaban J connectivity index is 2.75. The van der Waals surface area contributed by atoms with Gasteiger partial charge in [0.2, 0.25) is 10.0 Å². The molecule has 6 heteroatoms. The van der Waals surface area contributed by atoms with Gasteiger partial charge >= 0.3 is 0 Å². The summed E-state index contributed by atoms with van der Waals surface area (Å²) in [5.74, 6) is 0.445. The number of hydrogen-bond acceptors (Lipinski definition) is 4. The summed E-state index contributed by atoms with van der Waals surface area (Å²) >= 11 is 0. The van der Waals surface area contributed by atoms with Crippen LogP contribution in [0.25, 0.3) is 0 Å². The van der Waals surface area contributed by atoms with Crippen LogP contribution in [0.15, 0.2) is 29.2 Å². The first kappa shape index (κ1) is 17.6. The van der Waals surface area contributed by atoms with E-state index in [4.69, 9.17) is 5.26 Å². The molecule has 0 aliphatic rings. The van der Waals surface area contributed by atoms with Crippen molar-refractivity contribution >= 4 is 10.0 Å². The second-order valence-electron chi connectivity index (χ2n) is 5.89. The predicted molar refractivity (Wildman–Crippen MR) is 81.0 cm³/mol. The summed E-state index contributed by atoms with van der Waals surface area (Å²) in [6.07, 6.45) is 1.34. The van der Waals surface area contributed by atoms with E-state index >= 15 is 0 Å². The molecule has 2 N–H and O–H groups in total. The fraction of sp³-hybridized carbons (Fsp3) is 0.533. The molecule has 0 aromatic heterocycles. The molecular weight excluding hydrogens is 288 g/mol. The smallest absolute Gasteiger partial charge is 0.240 e. The van der Waals surface area contributed by atoms with Crippen LogP contribution < -0.4 is 4.72 Å². The summed E-state index contributed by atoms with van der Waals surface area (Å²) in [5, 5.41) is 19.0. The lowest BCUT2D eigenvalue weighted by Gasteiger charge is -2.24. The minimum atomic E-state index is -3.73. The summed E-state index contributed by atoms with van der Waals surface area (Å²) in [7, 11) is -3.73. The number of sulfonamides is 1. The van der Waals surface area contributed by atoms with Crippen LogP contribution >= 0.6 is 0 Å². The Morgan fingerprint density at radius 2 is 2.10 bits per heavy atom. The van der Waals surface area contributed by atoms with Crippen LogP contribution in [0.5, 0.6) is 0 Å². The highest BCUT2D eigenvalue weighted by atomic mass is 32.2. The van der Waals surface area contributed by atoms with Crippen molar-refractivity contribution in [2.75, 3.05) is 6.54 Å². The third-order valence-corrected chi connectivity index (χ3v) is 4.58. The number of benzene rings is 1. The van der Waals surface area contributed by atoms with Crippen molar-refractivity contribution in [1.29, 1.82) is 5.26 Å². The van der Waals surface area contributed by atoms with Gasteiger partial charge in [-0.15, -0.1) is 0 Å². The fourth-order valence-electron chi connectivity index (χ4n) is 1.75. The van der Waals surface area contributed by atoms with Crippen molar-refractivity contribution in [3.8, 4) is 6.07 Å². The van der Waals surface area contributed by atoms with Gasteiger partial charge in [0.1, 0.15) is 0 Å². The molecular formula is C15H22N2O3S. The van der Waals surface area contributed by atoms with E-state index in [2.05, 4.69) is 4.72 Å². The molecule has 116 valence electrons. The molecule has 0 spiro atoms. The Morgan fingerprint density at radius 1 is 1.43 bits per heavy atom. The molecule has 0 heterocycles. The molecule has 0 fully saturated rings. The molecule has 1 unspecified atom stereocenters. The van der Waals surface area contributed by atoms with Gasteiger partial charge < -0.3 is 5.11 Å². The summed E-state index contributed by atoms with van der Waals surface area (Å²) in [6, 6.07) is 7.69. The normalized spacial score (nSPS) is 14.7. The number of nitriles is 1. The van der Waals surface area contributed by atoms with E-state index in [9.17, 15) is 13.5 Å². The Bertz CT molecular complexity index is 616. The second-order valence-corrected chi connectivity index (χ2v) is 7.66. The largest absolute Gasteiger partial charge is 0.389 e. The van der Waals surface area contributed by atoms with E-state index in [1.807, 2.05) is 19.9 Å². The predicted octanol–water partition coefficient (Wildman–Crippen LogP) is 2.02. The summed E-state index contributed by atoms with van der Waals surface area (Å²) < 4.78 is 26.7. The van der Waals surface area contributed by atoms with Crippen molar-refractivity contribution in [2.45, 2.75) is 44.1 Å². The zero-order valence-corrected chi connectivity index (χ0v) is 13.4. The maximum absolute atomic E-state index is 12.2. The maximum atomic E-state index is 12.2. The molecule has 0 bridgehead atoms. The molecule has 21 heavy (non-hydrogen) atoms. The van der Waals surface area contributed by atoms with E-state index in [1.54, 1.807) is 6.92 Å². The Morgan fingerprint density at radius 3 is 2.67 bits per heavy atom. The average molecular weight is 310 g/mol. The first-order valence-electron chi connectivity index (χ1n) is 6.88. The molecule has 1 rings (SSSR count). The van der Waals surface area contributed by atoms with Crippen molar-refractivity contribution in [1.82, 2.24) is 4.72 Å². The summed E-state index contributed by atoms with van der Waals surface area (Å²) in [4.78, 5) is 0.0289. The molecule has 1 aromatic rings. The van der Waals surface area contributed by atoms with Gasteiger partial charge in [0.15, 0.2) is 0 Å². The highest BCUT2D eigenvalue weighted by Gasteiger charge is 2.24. The van der Waals surface area contributed by atoms with E-state index in [-0.39, 0.29) is 17.0 Å². The van der Waals surface area contributed by atoms with Gasteiger partial charge in [0, 0.05) is 6.54 Å². The van der Waals surface area contributed by atoms with E-state index in [0.717, 1.165) is 6.42 Å². The molecule has 1 aromatic carbocycles. The SMILES string of the molecule is CC(C)CCC(C)(O)CNS(=O)(=O)c1cccc(C#N)c1. The van der Waals surface area contributed by atoms with Gasteiger partial charge in [-0.1, -0.05) is 19.9 Å².